The van der Waals surface area contributed by atoms with Crippen LogP contribution in [0.2, 0.25) is 0 Å². The third kappa shape index (κ3) is 5.41. The van der Waals surface area contributed by atoms with E-state index in [4.69, 9.17) is 4.74 Å². The third-order valence-corrected chi connectivity index (χ3v) is 6.29. The predicted octanol–water partition coefficient (Wildman–Crippen LogP) is 3.03. The minimum atomic E-state index is -4.52. The number of nitrogens with zero attached hydrogens (tertiary/aromatic N) is 4. The van der Waals surface area contributed by atoms with Crippen molar-refractivity contribution in [1.29, 1.82) is 0 Å². The van der Waals surface area contributed by atoms with Crippen LogP contribution in [-0.4, -0.2) is 71.1 Å². The first-order chi connectivity index (χ1) is 16.3. The van der Waals surface area contributed by atoms with Crippen molar-refractivity contribution in [2.24, 2.45) is 0 Å². The summed E-state index contributed by atoms with van der Waals surface area (Å²) in [6.07, 6.45) is -1.21. The summed E-state index contributed by atoms with van der Waals surface area (Å²) in [5.41, 5.74) is 2.10. The number of carbonyl (C=O) groups excluding carboxylic acids is 1. The minimum Gasteiger partial charge on any atom is -0.378 e. The molecule has 3 heterocycles. The van der Waals surface area contributed by atoms with Crippen molar-refractivity contribution in [2.45, 2.75) is 38.0 Å². The number of benzene rings is 1. The Hall–Kier alpha value is -2.92. The van der Waals surface area contributed by atoms with Crippen LogP contribution in [0.5, 0.6) is 0 Å². The van der Waals surface area contributed by atoms with E-state index in [0.29, 0.717) is 45.1 Å². The molecule has 1 amide bonds. The van der Waals surface area contributed by atoms with E-state index in [-0.39, 0.29) is 23.7 Å². The number of carbonyl (C=O) groups is 1. The van der Waals surface area contributed by atoms with Crippen molar-refractivity contribution in [1.82, 2.24) is 19.8 Å². The van der Waals surface area contributed by atoms with Crippen LogP contribution in [0.3, 0.4) is 0 Å². The Morgan fingerprint density at radius 1 is 1.15 bits per heavy atom. The highest BCUT2D eigenvalue weighted by atomic mass is 19.4. The Morgan fingerprint density at radius 2 is 1.94 bits per heavy atom. The molecule has 2 aromatic rings. The topological polar surface area (TPSA) is 82.6 Å². The predicted molar refractivity (Wildman–Crippen MR) is 120 cm³/mol. The molecule has 34 heavy (non-hydrogen) atoms. The molecule has 0 radical (unpaired) electrons. The summed E-state index contributed by atoms with van der Waals surface area (Å²) in [6.45, 7) is 4.19. The van der Waals surface area contributed by atoms with Gasteiger partial charge in [-0.2, -0.15) is 18.2 Å². The number of morpholine rings is 1. The first-order valence-corrected chi connectivity index (χ1v) is 11.5. The van der Waals surface area contributed by atoms with Crippen LogP contribution in [0.25, 0.3) is 0 Å². The fourth-order valence-electron chi connectivity index (χ4n) is 4.24. The van der Waals surface area contributed by atoms with E-state index >= 15 is 0 Å². The molecule has 1 saturated heterocycles. The first kappa shape index (κ1) is 22.9. The van der Waals surface area contributed by atoms with Gasteiger partial charge in [0.05, 0.1) is 19.8 Å². The van der Waals surface area contributed by atoms with Crippen LogP contribution < -0.4 is 10.6 Å². The van der Waals surface area contributed by atoms with Gasteiger partial charge in [-0.15, -0.1) is 0 Å². The molecule has 1 aromatic carbocycles. The van der Waals surface area contributed by atoms with E-state index in [0.717, 1.165) is 37.6 Å². The number of alkyl halides is 3. The van der Waals surface area contributed by atoms with Crippen molar-refractivity contribution in [3.05, 3.63) is 41.1 Å². The number of anilines is 3. The van der Waals surface area contributed by atoms with Crippen LogP contribution >= 0.6 is 0 Å². The van der Waals surface area contributed by atoms with Crippen LogP contribution in [-0.2, 0) is 28.7 Å². The first-order valence-electron chi connectivity index (χ1n) is 11.5. The maximum atomic E-state index is 13.3. The molecule has 2 fully saturated rings. The molecule has 2 N–H and O–H groups in total. The largest absolute Gasteiger partial charge is 0.421 e. The van der Waals surface area contributed by atoms with Gasteiger partial charge in [0.2, 0.25) is 11.9 Å². The fourth-order valence-corrected chi connectivity index (χ4v) is 4.24. The summed E-state index contributed by atoms with van der Waals surface area (Å²) < 4.78 is 45.3. The SMILES string of the molecule is O=C(CN1CCc2ccc(Nc3ncc(C(F)(F)F)c(NC4CC4)n3)cc2C1)N1CCOCC1. The summed E-state index contributed by atoms with van der Waals surface area (Å²) in [6, 6.07) is 5.86. The van der Waals surface area contributed by atoms with Crippen LogP contribution in [0.1, 0.15) is 29.5 Å². The average molecular weight is 477 g/mol. The van der Waals surface area contributed by atoms with E-state index < -0.39 is 11.7 Å². The average Bonchev–Trinajstić information content (AvgIpc) is 3.63. The quantitative estimate of drug-likeness (QED) is 0.663. The van der Waals surface area contributed by atoms with E-state index in [1.54, 1.807) is 0 Å². The molecular formula is C23H27F3N6O2. The second kappa shape index (κ2) is 9.38. The molecule has 0 atom stereocenters. The molecule has 0 bridgehead atoms. The fraction of sp³-hybridized carbons (Fsp3) is 0.522. The number of nitrogens with one attached hydrogen (secondary N) is 2. The molecule has 0 unspecified atom stereocenters. The second-order valence-corrected chi connectivity index (χ2v) is 8.93. The highest BCUT2D eigenvalue weighted by Crippen LogP contribution is 2.36. The van der Waals surface area contributed by atoms with Crippen molar-refractivity contribution in [3.63, 3.8) is 0 Å². The Labute approximate surface area is 195 Å². The summed E-state index contributed by atoms with van der Waals surface area (Å²) in [5.74, 6) is 0.0133. The summed E-state index contributed by atoms with van der Waals surface area (Å²) in [4.78, 5) is 24.6. The highest BCUT2D eigenvalue weighted by Gasteiger charge is 2.37. The maximum absolute atomic E-state index is 13.3. The molecule has 1 aliphatic carbocycles. The normalized spacial score (nSPS) is 19.0. The van der Waals surface area contributed by atoms with Crippen LogP contribution in [0, 0.1) is 0 Å². The monoisotopic (exact) mass is 476 g/mol. The number of hydrogen-bond acceptors (Lipinski definition) is 7. The van der Waals surface area contributed by atoms with Crippen LogP contribution in [0.4, 0.5) is 30.6 Å². The van der Waals surface area contributed by atoms with Gasteiger partial charge < -0.3 is 20.3 Å². The molecular weight excluding hydrogens is 449 g/mol. The van der Waals surface area contributed by atoms with Gasteiger partial charge in [-0.05, 0) is 42.5 Å². The lowest BCUT2D eigenvalue weighted by atomic mass is 9.99. The zero-order chi connectivity index (χ0) is 23.7. The molecule has 3 aliphatic rings. The Morgan fingerprint density at radius 3 is 2.68 bits per heavy atom. The maximum Gasteiger partial charge on any atom is 0.421 e. The zero-order valence-electron chi connectivity index (χ0n) is 18.7. The number of ether oxygens (including phenoxy) is 1. The molecule has 182 valence electrons. The van der Waals surface area contributed by atoms with Gasteiger partial charge in [0.15, 0.2) is 0 Å². The van der Waals surface area contributed by atoms with Gasteiger partial charge in [-0.1, -0.05) is 6.07 Å². The van der Waals surface area contributed by atoms with E-state index in [1.807, 2.05) is 23.1 Å². The number of rotatable bonds is 6. The molecule has 11 heteroatoms. The summed E-state index contributed by atoms with van der Waals surface area (Å²) in [7, 11) is 0. The minimum absolute atomic E-state index is 0.0266. The number of aromatic nitrogens is 2. The molecule has 1 aromatic heterocycles. The lowest BCUT2D eigenvalue weighted by Gasteiger charge is -2.32. The lowest BCUT2D eigenvalue weighted by Crippen LogP contribution is -2.46. The zero-order valence-corrected chi connectivity index (χ0v) is 18.7. The van der Waals surface area contributed by atoms with E-state index in [9.17, 15) is 18.0 Å². The van der Waals surface area contributed by atoms with Crippen molar-refractivity contribution in [3.8, 4) is 0 Å². The van der Waals surface area contributed by atoms with Gasteiger partial charge >= 0.3 is 6.18 Å². The number of amides is 1. The molecule has 2 aliphatic heterocycles. The van der Waals surface area contributed by atoms with Crippen molar-refractivity contribution < 1.29 is 22.7 Å². The second-order valence-electron chi connectivity index (χ2n) is 8.93. The molecule has 1 saturated carbocycles. The van der Waals surface area contributed by atoms with Gasteiger partial charge in [0, 0.05) is 44.1 Å². The van der Waals surface area contributed by atoms with Crippen LogP contribution in [0.15, 0.2) is 24.4 Å². The van der Waals surface area contributed by atoms with Gasteiger partial charge in [0.1, 0.15) is 11.4 Å². The standard InChI is InChI=1S/C23H27F3N6O2/c24-23(25,26)19-12-27-22(30-21(19)28-17-3-4-17)29-18-2-1-15-5-6-31(13-16(15)11-18)14-20(33)32-7-9-34-10-8-32/h1-2,11-12,17H,3-10,13-14H2,(H2,27,28,29,30). The Kier molecular flexibility index (Phi) is 6.30. The Balaban J connectivity index is 1.27. The number of halogens is 3. The van der Waals surface area contributed by atoms with E-state index in [1.165, 1.54) is 5.56 Å². The Bertz CT molecular complexity index is 1050. The molecule has 5 rings (SSSR count). The van der Waals surface area contributed by atoms with Gasteiger partial charge in [0.25, 0.3) is 0 Å². The van der Waals surface area contributed by atoms with Gasteiger partial charge in [-0.25, -0.2) is 4.98 Å². The van der Waals surface area contributed by atoms with Gasteiger partial charge in [-0.3, -0.25) is 9.69 Å². The van der Waals surface area contributed by atoms with E-state index in [2.05, 4.69) is 25.5 Å². The summed E-state index contributed by atoms with van der Waals surface area (Å²) in [5, 5.41) is 5.89. The number of fused-ring (bicyclic) bond motifs is 1. The molecule has 8 nitrogen and oxygen atoms in total. The lowest BCUT2D eigenvalue weighted by molar-refractivity contribution is -0.137. The number of hydrogen-bond donors (Lipinski definition) is 2. The van der Waals surface area contributed by atoms with Crippen molar-refractivity contribution in [2.75, 3.05) is 50.0 Å². The highest BCUT2D eigenvalue weighted by molar-refractivity contribution is 5.78. The molecule has 0 spiro atoms. The third-order valence-electron chi connectivity index (χ3n) is 6.29. The van der Waals surface area contributed by atoms with Crippen molar-refractivity contribution >= 4 is 23.4 Å². The smallest absolute Gasteiger partial charge is 0.378 e. The summed E-state index contributed by atoms with van der Waals surface area (Å²) >= 11 is 0.